The van der Waals surface area contributed by atoms with E-state index in [-0.39, 0.29) is 36.7 Å². The summed E-state index contributed by atoms with van der Waals surface area (Å²) >= 11 is 0. The van der Waals surface area contributed by atoms with E-state index in [1.54, 1.807) is 0 Å². The van der Waals surface area contributed by atoms with Gasteiger partial charge in [0.05, 0.1) is 19.8 Å². The summed E-state index contributed by atoms with van der Waals surface area (Å²) in [5.74, 6) is 1.33. The first-order valence-electron chi connectivity index (χ1n) is 35.1. The lowest BCUT2D eigenvalue weighted by Crippen LogP contribution is -2.41. The maximum Gasteiger partial charge on any atom is 0.261 e. The fourth-order valence-corrected chi connectivity index (χ4v) is 14.1. The van der Waals surface area contributed by atoms with Crippen LogP contribution in [0.2, 0.25) is 0 Å². The molecule has 4 amide bonds. The highest BCUT2D eigenvalue weighted by molar-refractivity contribution is 6.41. The quantitative estimate of drug-likeness (QED) is 0.0176. The minimum atomic E-state index is -0.312. The SMILES string of the molecule is CCCCCCOc1ccc(N(c2ccc(C)cc2)c2ccc(CCCN3C(=O)c4ccc5c6ccc7c8c(ccc(c9ccc(c4c59)C3=O)c86)C(=O)N(CCCc3ccc(N(c4ccc(OCCCCCC)cc4)c4ccc(OCCCCCC)cc4)cc3)C7=O)cc2)cc1. The van der Waals surface area contributed by atoms with Gasteiger partial charge in [-0.05, 0) is 229 Å². The van der Waals surface area contributed by atoms with Gasteiger partial charge in [0.2, 0.25) is 0 Å². The molecule has 0 unspecified atom stereocenters. The second-order valence-corrected chi connectivity index (χ2v) is 25.9. The lowest BCUT2D eigenvalue weighted by Gasteiger charge is -2.30. The molecule has 0 aliphatic carbocycles. The minimum absolute atomic E-state index is 0.260. The summed E-state index contributed by atoms with van der Waals surface area (Å²) < 4.78 is 18.3. The fourth-order valence-electron chi connectivity index (χ4n) is 14.1. The van der Waals surface area contributed by atoms with Crippen molar-refractivity contribution >= 4 is 101 Å². The number of nitrogens with zero attached hydrogens (tertiary/aromatic N) is 4. The monoisotopic (exact) mass is 1270 g/mol. The van der Waals surface area contributed by atoms with Gasteiger partial charge in [0.15, 0.2) is 0 Å². The number of rotatable bonds is 32. The molecule has 2 heterocycles. The van der Waals surface area contributed by atoms with E-state index in [0.717, 1.165) is 114 Å². The number of aryl methyl sites for hydroxylation is 3. The maximum atomic E-state index is 14.6. The molecular weight excluding hydrogens is 1190 g/mol. The van der Waals surface area contributed by atoms with Gasteiger partial charge in [-0.3, -0.25) is 29.0 Å². The Kier molecular flexibility index (Phi) is 20.0. The van der Waals surface area contributed by atoms with Crippen molar-refractivity contribution in [3.05, 3.63) is 233 Å². The van der Waals surface area contributed by atoms with Gasteiger partial charge >= 0.3 is 0 Å². The van der Waals surface area contributed by atoms with Crippen LogP contribution in [0.5, 0.6) is 17.2 Å². The fraction of sp³-hybridized carbons (Fsp3) is 0.294. The number of imide groups is 2. The maximum absolute atomic E-state index is 14.6. The summed E-state index contributed by atoms with van der Waals surface area (Å²) in [4.78, 5) is 65.7. The molecule has 0 aromatic heterocycles. The molecule has 0 bridgehead atoms. The Hall–Kier alpha value is -10.0. The van der Waals surface area contributed by atoms with Crippen LogP contribution >= 0.6 is 0 Å². The molecule has 488 valence electrons. The Morgan fingerprint density at radius 2 is 0.562 bits per heavy atom. The Balaban J connectivity index is 0.677. The first-order chi connectivity index (χ1) is 47.1. The smallest absolute Gasteiger partial charge is 0.261 e. The Morgan fingerprint density at radius 3 is 0.844 bits per heavy atom. The molecule has 0 radical (unpaired) electrons. The van der Waals surface area contributed by atoms with Gasteiger partial charge in [0, 0.05) is 80.2 Å². The van der Waals surface area contributed by atoms with E-state index in [1.165, 1.54) is 73.2 Å². The molecule has 11 heteroatoms. The summed E-state index contributed by atoms with van der Waals surface area (Å²) in [5.41, 5.74) is 11.4. The largest absolute Gasteiger partial charge is 0.494 e. The Morgan fingerprint density at radius 1 is 0.292 bits per heavy atom. The molecule has 11 nitrogen and oxygen atoms in total. The highest BCUT2D eigenvalue weighted by Crippen LogP contribution is 2.47. The number of amides is 4. The molecule has 13 rings (SSSR count). The van der Waals surface area contributed by atoms with Gasteiger partial charge in [0.25, 0.3) is 23.6 Å². The molecule has 0 spiro atoms. The number of carbonyl (C=O) groups excluding carboxylic acids is 4. The van der Waals surface area contributed by atoms with Crippen molar-refractivity contribution in [2.24, 2.45) is 0 Å². The molecule has 11 aromatic carbocycles. The lowest BCUT2D eigenvalue weighted by molar-refractivity contribution is 0.0593. The van der Waals surface area contributed by atoms with Crippen molar-refractivity contribution in [2.45, 2.75) is 130 Å². The summed E-state index contributed by atoms with van der Waals surface area (Å²) in [6.07, 6.45) is 16.4. The molecule has 2 aliphatic rings. The van der Waals surface area contributed by atoms with Crippen LogP contribution in [0.1, 0.15) is 169 Å². The normalized spacial score (nSPS) is 12.9. The van der Waals surface area contributed by atoms with Crippen molar-refractivity contribution in [3.8, 4) is 17.2 Å². The zero-order valence-electron chi connectivity index (χ0n) is 56.0. The van der Waals surface area contributed by atoms with Gasteiger partial charge in [-0.15, -0.1) is 0 Å². The van der Waals surface area contributed by atoms with Crippen LogP contribution < -0.4 is 24.0 Å². The van der Waals surface area contributed by atoms with Gasteiger partial charge in [-0.1, -0.05) is 145 Å². The van der Waals surface area contributed by atoms with E-state index in [2.05, 4.69) is 147 Å². The van der Waals surface area contributed by atoms with Crippen LogP contribution in [-0.4, -0.2) is 66.3 Å². The minimum Gasteiger partial charge on any atom is -0.494 e. The van der Waals surface area contributed by atoms with Crippen LogP contribution in [0.3, 0.4) is 0 Å². The zero-order chi connectivity index (χ0) is 66.1. The van der Waals surface area contributed by atoms with Gasteiger partial charge < -0.3 is 24.0 Å². The predicted molar refractivity (Wildman–Crippen MR) is 391 cm³/mol. The highest BCUT2D eigenvalue weighted by atomic mass is 16.5. The van der Waals surface area contributed by atoms with Crippen LogP contribution in [0.15, 0.2) is 194 Å². The summed E-state index contributed by atoms with van der Waals surface area (Å²) in [5, 5.41) is 6.41. The van der Waals surface area contributed by atoms with E-state index in [0.29, 0.717) is 78.5 Å². The van der Waals surface area contributed by atoms with Crippen molar-refractivity contribution in [3.63, 3.8) is 0 Å². The molecular formula is C85H86N4O7. The Bertz CT molecular complexity index is 4370. The first-order valence-corrected chi connectivity index (χ1v) is 35.1. The third kappa shape index (κ3) is 13.5. The average molecular weight is 1280 g/mol. The number of ether oxygens (including phenoxy) is 3. The van der Waals surface area contributed by atoms with Crippen LogP contribution in [0, 0.1) is 6.92 Å². The number of fused-ring (bicyclic) bond motifs is 2. The van der Waals surface area contributed by atoms with Crippen LogP contribution in [-0.2, 0) is 12.8 Å². The average Bonchev–Trinajstić information content (AvgIpc) is 0.692. The number of hydrogen-bond acceptors (Lipinski definition) is 9. The second-order valence-electron chi connectivity index (χ2n) is 25.9. The number of hydrogen-bond donors (Lipinski definition) is 0. The van der Waals surface area contributed by atoms with E-state index < -0.39 is 0 Å². The van der Waals surface area contributed by atoms with E-state index in [1.807, 2.05) is 84.9 Å². The van der Waals surface area contributed by atoms with Crippen molar-refractivity contribution < 1.29 is 33.4 Å². The number of unbranched alkanes of at least 4 members (excludes halogenated alkanes) is 9. The van der Waals surface area contributed by atoms with Crippen molar-refractivity contribution in [1.29, 1.82) is 0 Å². The van der Waals surface area contributed by atoms with E-state index in [9.17, 15) is 19.2 Å². The predicted octanol–water partition coefficient (Wildman–Crippen LogP) is 21.3. The topological polar surface area (TPSA) is 109 Å². The zero-order valence-corrected chi connectivity index (χ0v) is 56.0. The van der Waals surface area contributed by atoms with E-state index >= 15 is 0 Å². The van der Waals surface area contributed by atoms with Crippen LogP contribution in [0.25, 0.3) is 43.1 Å². The molecule has 2 aliphatic heterocycles. The molecule has 0 N–H and O–H groups in total. The number of carbonyl (C=O) groups is 4. The molecule has 0 atom stereocenters. The second kappa shape index (κ2) is 29.7. The third-order valence-electron chi connectivity index (χ3n) is 19.3. The number of benzene rings is 11. The van der Waals surface area contributed by atoms with Crippen LogP contribution in [0.4, 0.5) is 34.1 Å². The number of anilines is 6. The summed E-state index contributed by atoms with van der Waals surface area (Å²) in [7, 11) is 0. The molecule has 0 saturated heterocycles. The standard InChI is InChI=1S/C85H86N4O7/c1-5-8-11-14-55-94-67-39-33-64(34-40-67)88(61-27-21-58(4)22-28-61)62-29-23-59(24-30-62)19-17-53-86-82(90)74-49-45-70-72-47-51-76-81-77(52-48-73(79(72)81)71-46-50-75(83(86)91)80(74)78(70)71)85(93)87(84(76)92)54-18-20-60-25-31-63(32-26-60)89(65-35-41-68(42-36-65)95-56-15-12-9-6-2)66-37-43-69(44-38-66)96-57-16-13-10-7-3/h21-52H,5-20,53-57H2,1-4H3. The van der Waals surface area contributed by atoms with Gasteiger partial charge in [-0.2, -0.15) is 0 Å². The summed E-state index contributed by atoms with van der Waals surface area (Å²) in [6, 6.07) is 65.8. The molecule has 96 heavy (non-hydrogen) atoms. The summed E-state index contributed by atoms with van der Waals surface area (Å²) in [6.45, 7) is 11.4. The van der Waals surface area contributed by atoms with E-state index in [4.69, 9.17) is 14.2 Å². The third-order valence-corrected chi connectivity index (χ3v) is 19.3. The molecule has 0 saturated carbocycles. The van der Waals surface area contributed by atoms with Gasteiger partial charge in [-0.25, -0.2) is 0 Å². The Labute approximate surface area is 564 Å². The van der Waals surface area contributed by atoms with Crippen molar-refractivity contribution in [2.75, 3.05) is 42.7 Å². The van der Waals surface area contributed by atoms with Gasteiger partial charge in [0.1, 0.15) is 17.2 Å². The highest BCUT2D eigenvalue weighted by Gasteiger charge is 2.37. The van der Waals surface area contributed by atoms with Crippen molar-refractivity contribution in [1.82, 2.24) is 9.80 Å². The lowest BCUT2D eigenvalue weighted by atomic mass is 9.82. The molecule has 0 fully saturated rings. The first kappa shape index (κ1) is 64.7. The molecule has 11 aromatic rings.